The molecule has 0 bridgehead atoms. The van der Waals surface area contributed by atoms with Crippen molar-refractivity contribution in [3.63, 3.8) is 0 Å². The normalized spacial score (nSPS) is 11.3. The Hall–Kier alpha value is -1.24. The first-order valence-corrected chi connectivity index (χ1v) is 6.86. The van der Waals surface area contributed by atoms with E-state index in [0.29, 0.717) is 5.41 Å². The van der Waals surface area contributed by atoms with Gasteiger partial charge in [-0.05, 0) is 36.0 Å². The van der Waals surface area contributed by atoms with Crippen molar-refractivity contribution in [1.82, 2.24) is 0 Å². The predicted molar refractivity (Wildman–Crippen MR) is 80.0 cm³/mol. The van der Waals surface area contributed by atoms with Crippen LogP contribution >= 0.6 is 0 Å². The fourth-order valence-electron chi connectivity index (χ4n) is 1.82. The van der Waals surface area contributed by atoms with Crippen molar-refractivity contribution in [2.45, 2.75) is 46.5 Å². The monoisotopic (exact) mass is 246 g/mol. The third kappa shape index (κ3) is 6.48. The molecule has 1 nitrogen and oxygen atoms in total. The van der Waals surface area contributed by atoms with Crippen molar-refractivity contribution in [3.8, 4) is 5.75 Å². The molecule has 0 fully saturated rings. The minimum atomic E-state index is 0.460. The molecule has 0 aromatic heterocycles. The maximum absolute atomic E-state index is 5.70. The maximum Gasteiger partial charge on any atom is 0.119 e. The summed E-state index contributed by atoms with van der Waals surface area (Å²) in [5.74, 6) is 0.955. The Bertz CT molecular complexity index is 343. The van der Waals surface area contributed by atoms with Gasteiger partial charge < -0.3 is 4.74 Å². The summed E-state index contributed by atoms with van der Waals surface area (Å²) in [6.45, 7) is 11.4. The highest BCUT2D eigenvalue weighted by Gasteiger charge is 2.08. The van der Waals surface area contributed by atoms with Gasteiger partial charge in [0.1, 0.15) is 5.75 Å². The number of hydrogen-bond acceptors (Lipinski definition) is 1. The first kappa shape index (κ1) is 14.8. The Balaban J connectivity index is 2.12. The summed E-state index contributed by atoms with van der Waals surface area (Å²) in [5, 5.41) is 0. The number of unbranched alkanes of at least 4 members (excludes halogenated alkanes) is 2. The molecule has 1 aromatic carbocycles. The van der Waals surface area contributed by atoms with Gasteiger partial charge in [-0.1, -0.05) is 58.4 Å². The van der Waals surface area contributed by atoms with Gasteiger partial charge in [0.25, 0.3) is 0 Å². The van der Waals surface area contributed by atoms with Crippen LogP contribution in [0.1, 0.15) is 52.0 Å². The summed E-state index contributed by atoms with van der Waals surface area (Å²) in [5.41, 5.74) is 1.59. The Morgan fingerprint density at radius 1 is 1.06 bits per heavy atom. The van der Waals surface area contributed by atoms with Crippen LogP contribution in [-0.4, -0.2) is 6.61 Å². The minimum Gasteiger partial charge on any atom is -0.494 e. The summed E-state index contributed by atoms with van der Waals surface area (Å²) in [7, 11) is 0. The summed E-state index contributed by atoms with van der Waals surface area (Å²) in [6, 6.07) is 8.07. The van der Waals surface area contributed by atoms with E-state index in [9.17, 15) is 0 Å². The summed E-state index contributed by atoms with van der Waals surface area (Å²) in [4.78, 5) is 0. The van der Waals surface area contributed by atoms with Crippen LogP contribution in [0.15, 0.2) is 30.8 Å². The largest absolute Gasteiger partial charge is 0.494 e. The fourth-order valence-corrected chi connectivity index (χ4v) is 1.82. The summed E-state index contributed by atoms with van der Waals surface area (Å²) >= 11 is 0. The van der Waals surface area contributed by atoms with Gasteiger partial charge in [-0.25, -0.2) is 0 Å². The van der Waals surface area contributed by atoms with E-state index in [4.69, 9.17) is 4.74 Å². The van der Waals surface area contributed by atoms with E-state index in [1.165, 1.54) is 19.3 Å². The molecular weight excluding hydrogens is 220 g/mol. The van der Waals surface area contributed by atoms with Crippen molar-refractivity contribution in [2.24, 2.45) is 5.41 Å². The third-order valence-electron chi connectivity index (χ3n) is 2.96. The van der Waals surface area contributed by atoms with Crippen LogP contribution in [0.2, 0.25) is 0 Å². The van der Waals surface area contributed by atoms with Gasteiger partial charge in [0.05, 0.1) is 6.61 Å². The molecule has 0 aliphatic carbocycles. The number of hydrogen-bond donors (Lipinski definition) is 0. The van der Waals surface area contributed by atoms with Gasteiger partial charge in [0.2, 0.25) is 0 Å². The molecule has 0 aliphatic rings. The second-order valence-corrected chi connectivity index (χ2v) is 5.99. The molecule has 0 unspecified atom stereocenters. The highest BCUT2D eigenvalue weighted by molar-refractivity contribution is 5.48. The molecule has 1 rings (SSSR count). The topological polar surface area (TPSA) is 9.23 Å². The van der Waals surface area contributed by atoms with Crippen LogP contribution in [0.3, 0.4) is 0 Å². The molecule has 0 N–H and O–H groups in total. The van der Waals surface area contributed by atoms with Crippen LogP contribution in [0, 0.1) is 5.41 Å². The van der Waals surface area contributed by atoms with Gasteiger partial charge in [0.15, 0.2) is 0 Å². The minimum absolute atomic E-state index is 0.460. The maximum atomic E-state index is 5.70. The van der Waals surface area contributed by atoms with Crippen molar-refractivity contribution < 1.29 is 4.74 Å². The second-order valence-electron chi connectivity index (χ2n) is 5.99. The average molecular weight is 246 g/mol. The molecule has 18 heavy (non-hydrogen) atoms. The van der Waals surface area contributed by atoms with Gasteiger partial charge in [0, 0.05) is 0 Å². The smallest absolute Gasteiger partial charge is 0.119 e. The lowest BCUT2D eigenvalue weighted by Crippen LogP contribution is -2.04. The van der Waals surface area contributed by atoms with E-state index < -0.39 is 0 Å². The lowest BCUT2D eigenvalue weighted by molar-refractivity contribution is 0.294. The molecule has 0 atom stereocenters. The van der Waals surface area contributed by atoms with Gasteiger partial charge in [-0.2, -0.15) is 0 Å². The predicted octanol–water partition coefficient (Wildman–Crippen LogP) is 5.31. The molecule has 0 aliphatic heterocycles. The van der Waals surface area contributed by atoms with Crippen molar-refractivity contribution in [3.05, 3.63) is 36.4 Å². The summed E-state index contributed by atoms with van der Waals surface area (Å²) < 4.78 is 5.70. The Labute approximate surface area is 112 Å². The number of rotatable bonds is 7. The Morgan fingerprint density at radius 3 is 2.28 bits per heavy atom. The molecule has 1 heteroatoms. The zero-order valence-electron chi connectivity index (χ0n) is 12.0. The molecular formula is C17H26O. The molecule has 0 saturated carbocycles. The molecule has 0 amide bonds. The molecule has 1 aromatic rings. The quantitative estimate of drug-likeness (QED) is 0.592. The zero-order valence-corrected chi connectivity index (χ0v) is 12.0. The van der Waals surface area contributed by atoms with Crippen LogP contribution < -0.4 is 4.74 Å². The van der Waals surface area contributed by atoms with Crippen molar-refractivity contribution >= 4 is 6.08 Å². The Kier molecular flexibility index (Phi) is 5.97. The number of benzene rings is 1. The van der Waals surface area contributed by atoms with Gasteiger partial charge in [-0.15, -0.1) is 0 Å². The molecule has 0 heterocycles. The van der Waals surface area contributed by atoms with E-state index in [-0.39, 0.29) is 0 Å². The van der Waals surface area contributed by atoms with Crippen molar-refractivity contribution in [1.29, 1.82) is 0 Å². The zero-order chi connectivity index (χ0) is 13.4. The lowest BCUT2D eigenvalue weighted by atomic mass is 9.89. The van der Waals surface area contributed by atoms with E-state index in [1.807, 2.05) is 30.3 Å². The third-order valence-corrected chi connectivity index (χ3v) is 2.96. The van der Waals surface area contributed by atoms with Gasteiger partial charge >= 0.3 is 0 Å². The van der Waals surface area contributed by atoms with E-state index in [1.54, 1.807) is 0 Å². The summed E-state index contributed by atoms with van der Waals surface area (Å²) in [6.07, 6.45) is 6.82. The average Bonchev–Trinajstić information content (AvgIpc) is 2.33. The van der Waals surface area contributed by atoms with Gasteiger partial charge in [-0.3, -0.25) is 0 Å². The first-order chi connectivity index (χ1) is 8.51. The van der Waals surface area contributed by atoms with E-state index >= 15 is 0 Å². The van der Waals surface area contributed by atoms with Crippen LogP contribution in [-0.2, 0) is 0 Å². The fraction of sp³-hybridized carbons (Fsp3) is 0.529. The molecule has 0 spiro atoms. The highest BCUT2D eigenvalue weighted by Crippen LogP contribution is 2.22. The van der Waals surface area contributed by atoms with Crippen LogP contribution in [0.25, 0.3) is 6.08 Å². The number of ether oxygens (including phenoxy) is 1. The molecule has 100 valence electrons. The van der Waals surface area contributed by atoms with Crippen LogP contribution in [0.5, 0.6) is 5.75 Å². The highest BCUT2D eigenvalue weighted by atomic mass is 16.5. The standard InChI is InChI=1S/C17H26O/c1-5-15-9-11-16(12-10-15)18-14-8-6-7-13-17(2,3)4/h5,9-12H,1,6-8,13-14H2,2-4H3. The second kappa shape index (κ2) is 7.25. The molecule has 0 saturated heterocycles. The van der Waals surface area contributed by atoms with E-state index in [0.717, 1.165) is 24.3 Å². The van der Waals surface area contributed by atoms with E-state index in [2.05, 4.69) is 27.4 Å². The Morgan fingerprint density at radius 2 is 1.72 bits per heavy atom. The molecule has 0 radical (unpaired) electrons. The first-order valence-electron chi connectivity index (χ1n) is 6.86. The lowest BCUT2D eigenvalue weighted by Gasteiger charge is -2.17. The van der Waals surface area contributed by atoms with Crippen molar-refractivity contribution in [2.75, 3.05) is 6.61 Å². The SMILES string of the molecule is C=Cc1ccc(OCCCCCC(C)(C)C)cc1. The van der Waals surface area contributed by atoms with Crippen LogP contribution in [0.4, 0.5) is 0 Å².